The number of hydrogen-bond acceptors (Lipinski definition) is 3. The SMILES string of the molecule is C[C@@H]1CC[C@H](CCC(=O)N2[C@@H]3CCCC[C@H]3C[C@H]2C(=O)O)O1. The Morgan fingerprint density at radius 1 is 1.18 bits per heavy atom. The van der Waals surface area contributed by atoms with Crippen LogP contribution in [0, 0.1) is 5.92 Å². The molecule has 0 radical (unpaired) electrons. The molecule has 0 aromatic rings. The molecule has 5 nitrogen and oxygen atoms in total. The van der Waals surface area contributed by atoms with E-state index in [4.69, 9.17) is 4.74 Å². The van der Waals surface area contributed by atoms with Gasteiger partial charge in [-0.3, -0.25) is 4.79 Å². The van der Waals surface area contributed by atoms with Gasteiger partial charge in [0.15, 0.2) is 0 Å². The van der Waals surface area contributed by atoms with Crippen molar-refractivity contribution in [2.24, 2.45) is 5.92 Å². The zero-order valence-electron chi connectivity index (χ0n) is 13.4. The van der Waals surface area contributed by atoms with Gasteiger partial charge in [0.1, 0.15) is 6.04 Å². The summed E-state index contributed by atoms with van der Waals surface area (Å²) in [5.41, 5.74) is 0. The van der Waals surface area contributed by atoms with Crippen molar-refractivity contribution in [3.8, 4) is 0 Å². The van der Waals surface area contributed by atoms with E-state index in [-0.39, 0.29) is 18.1 Å². The average Bonchev–Trinajstić information content (AvgIpc) is 3.08. The number of amides is 1. The Kier molecular flexibility index (Phi) is 4.71. The molecule has 1 aliphatic carbocycles. The third kappa shape index (κ3) is 3.14. The molecular formula is C17H27NO4. The van der Waals surface area contributed by atoms with E-state index in [9.17, 15) is 14.7 Å². The summed E-state index contributed by atoms with van der Waals surface area (Å²) >= 11 is 0. The second kappa shape index (κ2) is 6.57. The van der Waals surface area contributed by atoms with Crippen LogP contribution in [0.4, 0.5) is 0 Å². The molecule has 2 heterocycles. The van der Waals surface area contributed by atoms with E-state index in [0.29, 0.717) is 24.9 Å². The molecule has 3 rings (SSSR count). The fraction of sp³-hybridized carbons (Fsp3) is 0.882. The molecule has 1 amide bonds. The number of rotatable bonds is 4. The minimum absolute atomic E-state index is 0.0185. The van der Waals surface area contributed by atoms with Crippen molar-refractivity contribution >= 4 is 11.9 Å². The van der Waals surface area contributed by atoms with Crippen LogP contribution < -0.4 is 0 Å². The first kappa shape index (κ1) is 15.8. The Hall–Kier alpha value is -1.10. The molecule has 3 fully saturated rings. The van der Waals surface area contributed by atoms with Crippen LogP contribution >= 0.6 is 0 Å². The highest BCUT2D eigenvalue weighted by molar-refractivity contribution is 5.84. The molecule has 22 heavy (non-hydrogen) atoms. The first-order valence-electron chi connectivity index (χ1n) is 8.75. The average molecular weight is 309 g/mol. The molecule has 3 aliphatic rings. The topological polar surface area (TPSA) is 66.8 Å². The molecule has 5 atom stereocenters. The number of ether oxygens (including phenoxy) is 1. The van der Waals surface area contributed by atoms with Crippen molar-refractivity contribution in [2.75, 3.05) is 0 Å². The Balaban J connectivity index is 1.61. The highest BCUT2D eigenvalue weighted by atomic mass is 16.5. The maximum Gasteiger partial charge on any atom is 0.326 e. The van der Waals surface area contributed by atoms with Gasteiger partial charge in [-0.2, -0.15) is 0 Å². The lowest BCUT2D eigenvalue weighted by atomic mass is 9.84. The molecule has 0 unspecified atom stereocenters. The lowest BCUT2D eigenvalue weighted by Crippen LogP contribution is -2.46. The lowest BCUT2D eigenvalue weighted by Gasteiger charge is -2.33. The van der Waals surface area contributed by atoms with Gasteiger partial charge in [-0.1, -0.05) is 12.8 Å². The standard InChI is InChI=1S/C17H27NO4/c1-11-6-7-13(22-11)8-9-16(19)18-14-5-3-2-4-12(14)10-15(18)17(20)21/h11-15H,2-10H2,1H3,(H,20,21)/t11-,12+,13-,14-,15+/m1/s1. The summed E-state index contributed by atoms with van der Waals surface area (Å²) in [7, 11) is 0. The highest BCUT2D eigenvalue weighted by Gasteiger charge is 2.47. The molecule has 0 spiro atoms. The second-order valence-corrected chi connectivity index (χ2v) is 7.19. The number of carboxylic acids is 1. The van der Waals surface area contributed by atoms with Crippen LogP contribution in [0.3, 0.4) is 0 Å². The first-order chi connectivity index (χ1) is 10.6. The summed E-state index contributed by atoms with van der Waals surface area (Å²) < 4.78 is 5.77. The van der Waals surface area contributed by atoms with Crippen LogP contribution in [0.1, 0.15) is 64.7 Å². The predicted molar refractivity (Wildman–Crippen MR) is 81.4 cm³/mol. The Bertz CT molecular complexity index is 438. The van der Waals surface area contributed by atoms with Crippen molar-refractivity contribution in [1.82, 2.24) is 4.90 Å². The summed E-state index contributed by atoms with van der Waals surface area (Å²) in [4.78, 5) is 25.9. The highest BCUT2D eigenvalue weighted by Crippen LogP contribution is 2.40. The molecule has 0 aromatic heterocycles. The smallest absolute Gasteiger partial charge is 0.326 e. The quantitative estimate of drug-likeness (QED) is 0.867. The Morgan fingerprint density at radius 2 is 1.95 bits per heavy atom. The van der Waals surface area contributed by atoms with Crippen LogP contribution in [-0.2, 0) is 14.3 Å². The van der Waals surface area contributed by atoms with E-state index in [1.807, 2.05) is 0 Å². The maximum atomic E-state index is 12.7. The van der Waals surface area contributed by atoms with Gasteiger partial charge >= 0.3 is 5.97 Å². The summed E-state index contributed by atoms with van der Waals surface area (Å²) in [6.07, 6.45) is 8.65. The van der Waals surface area contributed by atoms with Gasteiger partial charge in [-0.15, -0.1) is 0 Å². The predicted octanol–water partition coefficient (Wildman–Crippen LogP) is 2.58. The number of fused-ring (bicyclic) bond motifs is 1. The van der Waals surface area contributed by atoms with Gasteiger partial charge in [0, 0.05) is 12.5 Å². The lowest BCUT2D eigenvalue weighted by molar-refractivity contribution is -0.150. The summed E-state index contributed by atoms with van der Waals surface area (Å²) in [6, 6.07) is -0.449. The van der Waals surface area contributed by atoms with Crippen LogP contribution in [0.2, 0.25) is 0 Å². The summed E-state index contributed by atoms with van der Waals surface area (Å²) in [6.45, 7) is 2.06. The number of likely N-dealkylation sites (tertiary alicyclic amines) is 1. The van der Waals surface area contributed by atoms with Gasteiger partial charge in [0.2, 0.25) is 5.91 Å². The molecule has 5 heteroatoms. The van der Waals surface area contributed by atoms with Crippen LogP contribution in [-0.4, -0.2) is 46.2 Å². The van der Waals surface area contributed by atoms with Crippen LogP contribution in [0.5, 0.6) is 0 Å². The van der Waals surface area contributed by atoms with Gasteiger partial charge in [0.25, 0.3) is 0 Å². The number of carboxylic acid groups (broad SMARTS) is 1. The van der Waals surface area contributed by atoms with Crippen molar-refractivity contribution in [1.29, 1.82) is 0 Å². The molecule has 2 saturated heterocycles. The zero-order chi connectivity index (χ0) is 15.7. The van der Waals surface area contributed by atoms with Gasteiger partial charge in [-0.05, 0) is 51.4 Å². The van der Waals surface area contributed by atoms with E-state index < -0.39 is 12.0 Å². The first-order valence-corrected chi connectivity index (χ1v) is 8.75. The molecule has 2 aliphatic heterocycles. The number of nitrogens with zero attached hydrogens (tertiary/aromatic N) is 1. The fourth-order valence-electron chi connectivity index (χ4n) is 4.55. The number of aliphatic carboxylic acids is 1. The number of carbonyl (C=O) groups is 2. The third-order valence-electron chi connectivity index (χ3n) is 5.66. The largest absolute Gasteiger partial charge is 0.480 e. The zero-order valence-corrected chi connectivity index (χ0v) is 13.4. The van der Waals surface area contributed by atoms with Gasteiger partial charge < -0.3 is 14.7 Å². The minimum Gasteiger partial charge on any atom is -0.480 e. The molecule has 1 N–H and O–H groups in total. The third-order valence-corrected chi connectivity index (χ3v) is 5.66. The monoisotopic (exact) mass is 309 g/mol. The minimum atomic E-state index is -0.839. The van der Waals surface area contributed by atoms with Gasteiger partial charge in [-0.25, -0.2) is 4.79 Å². The Labute approximate surface area is 132 Å². The van der Waals surface area contributed by atoms with Crippen LogP contribution in [0.15, 0.2) is 0 Å². The van der Waals surface area contributed by atoms with E-state index >= 15 is 0 Å². The molecular weight excluding hydrogens is 282 g/mol. The Morgan fingerprint density at radius 3 is 2.64 bits per heavy atom. The second-order valence-electron chi connectivity index (χ2n) is 7.19. The molecule has 0 bridgehead atoms. The van der Waals surface area contributed by atoms with Crippen molar-refractivity contribution < 1.29 is 19.4 Å². The molecule has 1 saturated carbocycles. The number of carbonyl (C=O) groups excluding carboxylic acids is 1. The maximum absolute atomic E-state index is 12.7. The number of hydrogen-bond donors (Lipinski definition) is 1. The van der Waals surface area contributed by atoms with Crippen molar-refractivity contribution in [3.63, 3.8) is 0 Å². The van der Waals surface area contributed by atoms with E-state index in [1.165, 1.54) is 6.42 Å². The molecule has 124 valence electrons. The fourth-order valence-corrected chi connectivity index (χ4v) is 4.55. The van der Waals surface area contributed by atoms with Crippen molar-refractivity contribution in [3.05, 3.63) is 0 Å². The van der Waals surface area contributed by atoms with Gasteiger partial charge in [0.05, 0.1) is 12.2 Å². The molecule has 0 aromatic carbocycles. The van der Waals surface area contributed by atoms with E-state index in [1.54, 1.807) is 4.90 Å². The summed E-state index contributed by atoms with van der Waals surface area (Å²) in [5.74, 6) is -0.431. The summed E-state index contributed by atoms with van der Waals surface area (Å²) in [5, 5.41) is 9.48. The van der Waals surface area contributed by atoms with E-state index in [0.717, 1.165) is 38.5 Å². The van der Waals surface area contributed by atoms with E-state index in [2.05, 4.69) is 6.92 Å². The van der Waals surface area contributed by atoms with Crippen molar-refractivity contribution in [2.45, 2.75) is 89.0 Å². The normalized spacial score (nSPS) is 38.0. The van der Waals surface area contributed by atoms with Crippen LogP contribution in [0.25, 0.3) is 0 Å².